The second kappa shape index (κ2) is 14.1. The molecule has 0 bridgehead atoms. The molecule has 0 saturated carbocycles. The number of sulfonamides is 1. The van der Waals surface area contributed by atoms with Gasteiger partial charge in [0.25, 0.3) is 0 Å². The minimum atomic E-state index is -3.68. The Morgan fingerprint density at radius 1 is 0.932 bits per heavy atom. The average molecular weight is 663 g/mol. The number of carbonyl (C=O) groups is 2. The van der Waals surface area contributed by atoms with Gasteiger partial charge >= 0.3 is 0 Å². The van der Waals surface area contributed by atoms with Gasteiger partial charge in [0, 0.05) is 37.5 Å². The normalized spacial score (nSPS) is 13.3. The van der Waals surface area contributed by atoms with Gasteiger partial charge in [0.05, 0.1) is 22.0 Å². The zero-order chi connectivity index (χ0) is 32.1. The highest BCUT2D eigenvalue weighted by Crippen LogP contribution is 2.36. The number of anilines is 1. The summed E-state index contributed by atoms with van der Waals surface area (Å²) < 4.78 is 37.5. The van der Waals surface area contributed by atoms with Crippen molar-refractivity contribution in [2.75, 3.05) is 23.9 Å². The summed E-state index contributed by atoms with van der Waals surface area (Å²) in [4.78, 5) is 29.3. The van der Waals surface area contributed by atoms with Gasteiger partial charge in [-0.25, -0.2) is 8.42 Å². The Labute approximate surface area is 269 Å². The highest BCUT2D eigenvalue weighted by molar-refractivity contribution is 7.92. The Morgan fingerprint density at radius 3 is 2.30 bits per heavy atom. The lowest BCUT2D eigenvalue weighted by Crippen LogP contribution is -2.54. The number of rotatable bonds is 12. The second-order valence-electron chi connectivity index (χ2n) is 11.7. The molecule has 4 rings (SSSR count). The lowest BCUT2D eigenvalue weighted by molar-refractivity contribution is -0.142. The van der Waals surface area contributed by atoms with E-state index in [1.54, 1.807) is 41.3 Å². The monoisotopic (exact) mass is 661 g/mol. The number of hydrogen-bond acceptors (Lipinski definition) is 6. The number of halogens is 2. The van der Waals surface area contributed by atoms with Gasteiger partial charge in [0.2, 0.25) is 28.6 Å². The summed E-state index contributed by atoms with van der Waals surface area (Å²) in [7, 11) is -3.68. The molecule has 0 unspecified atom stereocenters. The largest absolute Gasteiger partial charge is 0.454 e. The van der Waals surface area contributed by atoms with Gasteiger partial charge in [0.1, 0.15) is 6.04 Å². The van der Waals surface area contributed by atoms with Crippen LogP contribution in [0, 0.1) is 0 Å². The third kappa shape index (κ3) is 9.03. The number of benzene rings is 3. The van der Waals surface area contributed by atoms with Gasteiger partial charge in [-0.1, -0.05) is 59.6 Å². The molecular formula is C32H37Cl2N3O6S. The topological polar surface area (TPSA) is 105 Å². The molecule has 2 amide bonds. The third-order valence-corrected chi connectivity index (χ3v) is 8.84. The number of nitrogens with zero attached hydrogens (tertiary/aromatic N) is 2. The van der Waals surface area contributed by atoms with E-state index < -0.39 is 21.6 Å². The van der Waals surface area contributed by atoms with Gasteiger partial charge in [-0.2, -0.15) is 0 Å². The molecule has 3 aromatic carbocycles. The highest BCUT2D eigenvalue weighted by Gasteiger charge is 2.32. The fraction of sp³-hybridized carbons (Fsp3) is 0.375. The van der Waals surface area contributed by atoms with Crippen LogP contribution in [0.4, 0.5) is 5.69 Å². The summed E-state index contributed by atoms with van der Waals surface area (Å²) in [5.74, 6) is 0.384. The Bertz CT molecular complexity index is 1600. The minimum absolute atomic E-state index is 0.00796. The van der Waals surface area contributed by atoms with Crippen LogP contribution < -0.4 is 19.1 Å². The van der Waals surface area contributed by atoms with Crippen molar-refractivity contribution < 1.29 is 27.5 Å². The number of fused-ring (bicyclic) bond motifs is 1. The number of ether oxygens (including phenoxy) is 2. The van der Waals surface area contributed by atoms with E-state index in [2.05, 4.69) is 5.32 Å². The fourth-order valence-corrected chi connectivity index (χ4v) is 6.16. The molecule has 0 spiro atoms. The molecule has 0 saturated heterocycles. The first-order chi connectivity index (χ1) is 20.7. The molecule has 1 aliphatic heterocycles. The van der Waals surface area contributed by atoms with E-state index in [1.807, 2.05) is 51.1 Å². The molecule has 1 aliphatic rings. The summed E-state index contributed by atoms with van der Waals surface area (Å²) in [5.41, 5.74) is 1.46. The molecule has 3 aromatic rings. The minimum Gasteiger partial charge on any atom is -0.454 e. The number of nitrogens with one attached hydrogen (secondary N) is 1. The summed E-state index contributed by atoms with van der Waals surface area (Å²) >= 11 is 12.4. The first kappa shape index (κ1) is 33.4. The smallest absolute Gasteiger partial charge is 0.243 e. The first-order valence-corrected chi connectivity index (χ1v) is 16.8. The van der Waals surface area contributed by atoms with E-state index in [1.165, 1.54) is 4.31 Å². The van der Waals surface area contributed by atoms with Crippen molar-refractivity contribution in [3.8, 4) is 11.5 Å². The van der Waals surface area contributed by atoms with Crippen molar-refractivity contribution in [3.63, 3.8) is 0 Å². The van der Waals surface area contributed by atoms with E-state index in [0.29, 0.717) is 32.8 Å². The molecule has 1 heterocycles. The number of amides is 2. The fourth-order valence-electron chi connectivity index (χ4n) is 4.89. The summed E-state index contributed by atoms with van der Waals surface area (Å²) in [6.07, 6.45) is 1.59. The van der Waals surface area contributed by atoms with Crippen molar-refractivity contribution in [1.29, 1.82) is 0 Å². The van der Waals surface area contributed by atoms with E-state index in [9.17, 15) is 18.0 Å². The number of hydrogen-bond donors (Lipinski definition) is 1. The van der Waals surface area contributed by atoms with E-state index in [4.69, 9.17) is 32.7 Å². The van der Waals surface area contributed by atoms with Crippen LogP contribution in [0.3, 0.4) is 0 Å². The molecule has 0 radical (unpaired) electrons. The van der Waals surface area contributed by atoms with Crippen LogP contribution in [0.5, 0.6) is 11.5 Å². The van der Waals surface area contributed by atoms with Gasteiger partial charge in [0.15, 0.2) is 11.5 Å². The molecule has 9 nitrogen and oxygen atoms in total. The van der Waals surface area contributed by atoms with Crippen LogP contribution in [0.15, 0.2) is 66.7 Å². The molecule has 44 heavy (non-hydrogen) atoms. The maximum absolute atomic E-state index is 14.0. The van der Waals surface area contributed by atoms with Crippen LogP contribution in [-0.2, 0) is 32.6 Å². The van der Waals surface area contributed by atoms with E-state index in [0.717, 1.165) is 11.8 Å². The van der Waals surface area contributed by atoms with Crippen LogP contribution in [0.25, 0.3) is 0 Å². The molecule has 0 aliphatic carbocycles. The van der Waals surface area contributed by atoms with E-state index >= 15 is 0 Å². The van der Waals surface area contributed by atoms with Gasteiger partial charge in [-0.15, -0.1) is 0 Å². The van der Waals surface area contributed by atoms with Crippen LogP contribution in [-0.4, -0.2) is 56.3 Å². The van der Waals surface area contributed by atoms with Gasteiger partial charge in [-0.3, -0.25) is 13.9 Å². The molecule has 1 N–H and O–H groups in total. The average Bonchev–Trinajstić information content (AvgIpc) is 3.42. The predicted octanol–water partition coefficient (Wildman–Crippen LogP) is 5.82. The summed E-state index contributed by atoms with van der Waals surface area (Å²) in [6.45, 7) is 5.85. The zero-order valence-electron chi connectivity index (χ0n) is 25.2. The van der Waals surface area contributed by atoms with Crippen molar-refractivity contribution in [2.45, 2.75) is 58.2 Å². The Balaban J connectivity index is 1.61. The van der Waals surface area contributed by atoms with Crippen LogP contribution in [0.2, 0.25) is 10.0 Å². The van der Waals surface area contributed by atoms with E-state index in [-0.39, 0.29) is 51.0 Å². The predicted molar refractivity (Wildman–Crippen MR) is 173 cm³/mol. The first-order valence-electron chi connectivity index (χ1n) is 14.2. The summed E-state index contributed by atoms with van der Waals surface area (Å²) in [5, 5.41) is 3.74. The SMILES string of the molecule is CC(C)(C)NC(=O)[C@@H](Cc1ccccc1)N(Cc1ccc(Cl)c(Cl)c1)C(=O)CCCN(c1ccc2c(c1)OCO2)S(C)(=O)=O. The summed E-state index contributed by atoms with van der Waals surface area (Å²) in [6, 6.07) is 18.6. The van der Waals surface area contributed by atoms with Crippen molar-refractivity contribution in [3.05, 3.63) is 87.9 Å². The molecule has 0 fully saturated rings. The van der Waals surface area contributed by atoms with Crippen LogP contribution >= 0.6 is 23.2 Å². The lowest BCUT2D eigenvalue weighted by atomic mass is 10.00. The van der Waals surface area contributed by atoms with Crippen molar-refractivity contribution >= 4 is 50.7 Å². The van der Waals surface area contributed by atoms with Gasteiger partial charge in [-0.05, 0) is 62.6 Å². The zero-order valence-corrected chi connectivity index (χ0v) is 27.5. The molecular weight excluding hydrogens is 625 g/mol. The molecule has 12 heteroatoms. The quantitative estimate of drug-likeness (QED) is 0.262. The molecule has 1 atom stereocenters. The maximum Gasteiger partial charge on any atom is 0.243 e. The van der Waals surface area contributed by atoms with Crippen molar-refractivity contribution in [1.82, 2.24) is 10.2 Å². The maximum atomic E-state index is 14.0. The van der Waals surface area contributed by atoms with Gasteiger partial charge < -0.3 is 19.7 Å². The highest BCUT2D eigenvalue weighted by atomic mass is 35.5. The Morgan fingerprint density at radius 2 is 1.64 bits per heavy atom. The lowest BCUT2D eigenvalue weighted by Gasteiger charge is -2.34. The molecule has 0 aromatic heterocycles. The standard InChI is InChI=1S/C32H37Cl2N3O6S/c1-32(2,3)35-31(39)27(18-22-9-6-5-7-10-22)36(20-23-12-14-25(33)26(34)17-23)30(38)11-8-16-37(44(4,40)41)24-13-15-28-29(19-24)43-21-42-28/h5-7,9-10,12-15,17,19,27H,8,11,16,18,20-21H2,1-4H3,(H,35,39)/t27-/m1/s1. The number of carbonyl (C=O) groups excluding carboxylic acids is 2. The second-order valence-corrected chi connectivity index (χ2v) is 14.4. The third-order valence-electron chi connectivity index (χ3n) is 6.90. The Kier molecular flexibility index (Phi) is 10.7. The Hall–Kier alpha value is -3.47. The van der Waals surface area contributed by atoms with Crippen molar-refractivity contribution in [2.24, 2.45) is 0 Å². The molecule has 236 valence electrons. The van der Waals surface area contributed by atoms with Crippen LogP contribution in [0.1, 0.15) is 44.7 Å².